The fraction of sp³-hybridized carbons (Fsp3) is 0.308. The number of aromatic amines is 1. The van der Waals surface area contributed by atoms with E-state index in [2.05, 4.69) is 15.4 Å². The van der Waals surface area contributed by atoms with Crippen LogP contribution in [0.3, 0.4) is 0 Å². The molecule has 100 valence electrons. The van der Waals surface area contributed by atoms with Gasteiger partial charge in [-0.25, -0.2) is 4.68 Å². The average Bonchev–Trinajstić information content (AvgIpc) is 2.92. The Morgan fingerprint density at radius 2 is 2.26 bits per heavy atom. The minimum absolute atomic E-state index is 0.191. The van der Waals surface area contributed by atoms with E-state index in [0.717, 1.165) is 12.0 Å². The van der Waals surface area contributed by atoms with Crippen LogP contribution in [0.2, 0.25) is 0 Å². The molecule has 0 aliphatic rings. The molecule has 0 radical (unpaired) electrons. The molecule has 0 spiro atoms. The minimum Gasteiger partial charge on any atom is -0.367 e. The van der Waals surface area contributed by atoms with E-state index in [0.29, 0.717) is 13.1 Å². The van der Waals surface area contributed by atoms with Crippen LogP contribution >= 0.6 is 0 Å². The van der Waals surface area contributed by atoms with Crippen molar-refractivity contribution in [1.29, 1.82) is 0 Å². The summed E-state index contributed by atoms with van der Waals surface area (Å²) in [6.07, 6.45) is 4.40. The van der Waals surface area contributed by atoms with Crippen molar-refractivity contribution < 1.29 is 4.79 Å². The third-order valence-corrected chi connectivity index (χ3v) is 2.65. The number of hydrogen-bond donors (Lipinski definition) is 2. The van der Waals surface area contributed by atoms with Crippen LogP contribution in [0.4, 0.5) is 0 Å². The van der Waals surface area contributed by atoms with Gasteiger partial charge in [0.1, 0.15) is 5.69 Å². The lowest BCUT2D eigenvalue weighted by Gasteiger charge is -2.06. The number of nitrogens with one attached hydrogen (secondary N) is 2. The highest BCUT2D eigenvalue weighted by Gasteiger charge is 2.09. The first-order valence-electron chi connectivity index (χ1n) is 6.18. The van der Waals surface area contributed by atoms with Gasteiger partial charge in [0.15, 0.2) is 0 Å². The van der Waals surface area contributed by atoms with Gasteiger partial charge in [0, 0.05) is 31.5 Å². The molecule has 2 N–H and O–H groups in total. The lowest BCUT2D eigenvalue weighted by atomic mass is 10.3. The van der Waals surface area contributed by atoms with Gasteiger partial charge in [-0.15, -0.1) is 0 Å². The first kappa shape index (κ1) is 13.1. The number of amides is 1. The standard InChI is InChI=1S/C13H16N4O2/c1-2-7-17-12(18)4-3-11(16-17)13(19)15-9-10-5-6-14-8-10/h3-6,8,14H,2,7,9H2,1H3,(H,15,19). The molecule has 2 heterocycles. The Morgan fingerprint density at radius 3 is 2.95 bits per heavy atom. The summed E-state index contributed by atoms with van der Waals surface area (Å²) in [6.45, 7) is 2.89. The summed E-state index contributed by atoms with van der Waals surface area (Å²) in [4.78, 5) is 26.3. The molecule has 0 unspecified atom stereocenters. The van der Waals surface area contributed by atoms with E-state index in [1.165, 1.54) is 16.8 Å². The SMILES string of the molecule is CCCn1nc(C(=O)NCc2cc[nH]c2)ccc1=O. The summed E-state index contributed by atoms with van der Waals surface area (Å²) in [5.74, 6) is -0.286. The van der Waals surface area contributed by atoms with Crippen molar-refractivity contribution in [3.8, 4) is 0 Å². The zero-order valence-electron chi connectivity index (χ0n) is 10.7. The quantitative estimate of drug-likeness (QED) is 0.838. The lowest BCUT2D eigenvalue weighted by molar-refractivity contribution is 0.0943. The van der Waals surface area contributed by atoms with Gasteiger partial charge in [-0.05, 0) is 24.1 Å². The number of aromatic nitrogens is 3. The molecule has 0 fully saturated rings. The normalized spacial score (nSPS) is 10.4. The van der Waals surface area contributed by atoms with Crippen LogP contribution in [0, 0.1) is 0 Å². The second-order valence-electron chi connectivity index (χ2n) is 4.18. The average molecular weight is 260 g/mol. The summed E-state index contributed by atoms with van der Waals surface area (Å²) in [5, 5.41) is 6.80. The zero-order chi connectivity index (χ0) is 13.7. The smallest absolute Gasteiger partial charge is 0.271 e. The van der Waals surface area contributed by atoms with E-state index in [1.807, 2.05) is 19.2 Å². The van der Waals surface area contributed by atoms with Gasteiger partial charge in [-0.1, -0.05) is 6.92 Å². The Labute approximate surface area is 110 Å². The number of H-pyrrole nitrogens is 1. The van der Waals surface area contributed by atoms with Gasteiger partial charge in [0.2, 0.25) is 0 Å². The Hall–Kier alpha value is -2.37. The minimum atomic E-state index is -0.286. The number of nitrogens with zero attached hydrogens (tertiary/aromatic N) is 2. The van der Waals surface area contributed by atoms with Crippen LogP contribution in [-0.2, 0) is 13.1 Å². The molecular weight excluding hydrogens is 244 g/mol. The molecule has 0 bridgehead atoms. The maximum Gasteiger partial charge on any atom is 0.271 e. The third kappa shape index (κ3) is 3.31. The third-order valence-electron chi connectivity index (χ3n) is 2.65. The highest BCUT2D eigenvalue weighted by molar-refractivity contribution is 5.91. The van der Waals surface area contributed by atoms with E-state index in [-0.39, 0.29) is 17.2 Å². The van der Waals surface area contributed by atoms with Crippen LogP contribution in [-0.4, -0.2) is 20.7 Å². The molecule has 2 rings (SSSR count). The molecule has 0 saturated carbocycles. The fourth-order valence-corrected chi connectivity index (χ4v) is 1.68. The van der Waals surface area contributed by atoms with Gasteiger partial charge in [0.25, 0.3) is 11.5 Å². The van der Waals surface area contributed by atoms with E-state index in [1.54, 1.807) is 6.20 Å². The van der Waals surface area contributed by atoms with Crippen molar-refractivity contribution in [1.82, 2.24) is 20.1 Å². The zero-order valence-corrected chi connectivity index (χ0v) is 10.7. The Morgan fingerprint density at radius 1 is 1.42 bits per heavy atom. The first-order chi connectivity index (χ1) is 9.20. The molecule has 6 nitrogen and oxygen atoms in total. The number of carbonyl (C=O) groups is 1. The number of hydrogen-bond acceptors (Lipinski definition) is 3. The van der Waals surface area contributed by atoms with E-state index in [4.69, 9.17) is 0 Å². The van der Waals surface area contributed by atoms with Gasteiger partial charge < -0.3 is 10.3 Å². The van der Waals surface area contributed by atoms with Gasteiger partial charge in [-0.2, -0.15) is 5.10 Å². The molecule has 0 aromatic carbocycles. The molecule has 2 aromatic heterocycles. The summed E-state index contributed by atoms with van der Waals surface area (Å²) in [7, 11) is 0. The monoisotopic (exact) mass is 260 g/mol. The molecule has 0 aliphatic carbocycles. The summed E-state index contributed by atoms with van der Waals surface area (Å²) >= 11 is 0. The number of carbonyl (C=O) groups excluding carboxylic acids is 1. The largest absolute Gasteiger partial charge is 0.367 e. The number of rotatable bonds is 5. The highest BCUT2D eigenvalue weighted by atomic mass is 16.2. The molecule has 1 amide bonds. The highest BCUT2D eigenvalue weighted by Crippen LogP contribution is 1.97. The Balaban J connectivity index is 2.06. The summed E-state index contributed by atoms with van der Waals surface area (Å²) in [6, 6.07) is 4.69. The predicted octanol–water partition coefficient (Wildman–Crippen LogP) is 0.911. The van der Waals surface area contributed by atoms with Gasteiger partial charge >= 0.3 is 0 Å². The topological polar surface area (TPSA) is 79.8 Å². The Bertz CT molecular complexity index is 601. The second kappa shape index (κ2) is 5.99. The number of aryl methyl sites for hydroxylation is 1. The molecule has 0 saturated heterocycles. The van der Waals surface area contributed by atoms with Gasteiger partial charge in [-0.3, -0.25) is 9.59 Å². The van der Waals surface area contributed by atoms with Crippen molar-refractivity contribution in [2.45, 2.75) is 26.4 Å². The second-order valence-corrected chi connectivity index (χ2v) is 4.18. The van der Waals surface area contributed by atoms with Gasteiger partial charge in [0.05, 0.1) is 0 Å². The van der Waals surface area contributed by atoms with Crippen molar-refractivity contribution in [3.05, 3.63) is 52.2 Å². The van der Waals surface area contributed by atoms with Crippen molar-refractivity contribution in [2.75, 3.05) is 0 Å². The summed E-state index contributed by atoms with van der Waals surface area (Å²) < 4.78 is 1.31. The maximum atomic E-state index is 11.9. The molecule has 6 heteroatoms. The van der Waals surface area contributed by atoms with Crippen LogP contribution in [0.25, 0.3) is 0 Å². The maximum absolute atomic E-state index is 11.9. The van der Waals surface area contributed by atoms with Crippen molar-refractivity contribution in [3.63, 3.8) is 0 Å². The molecule has 19 heavy (non-hydrogen) atoms. The summed E-state index contributed by atoms with van der Waals surface area (Å²) in [5.41, 5.74) is 1.04. The molecule has 0 aliphatic heterocycles. The molecular formula is C13H16N4O2. The first-order valence-corrected chi connectivity index (χ1v) is 6.18. The predicted molar refractivity (Wildman–Crippen MR) is 70.8 cm³/mol. The van der Waals surface area contributed by atoms with Crippen molar-refractivity contribution >= 4 is 5.91 Å². The van der Waals surface area contributed by atoms with E-state index < -0.39 is 0 Å². The molecule has 2 aromatic rings. The van der Waals surface area contributed by atoms with Crippen LogP contribution in [0.1, 0.15) is 29.4 Å². The fourth-order valence-electron chi connectivity index (χ4n) is 1.68. The molecule has 0 atom stereocenters. The van der Waals surface area contributed by atoms with Crippen LogP contribution in [0.15, 0.2) is 35.4 Å². The van der Waals surface area contributed by atoms with Crippen LogP contribution < -0.4 is 10.9 Å². The lowest BCUT2D eigenvalue weighted by Crippen LogP contribution is -2.29. The Kier molecular flexibility index (Phi) is 4.12. The van der Waals surface area contributed by atoms with E-state index in [9.17, 15) is 9.59 Å². The van der Waals surface area contributed by atoms with Crippen molar-refractivity contribution in [2.24, 2.45) is 0 Å². The van der Waals surface area contributed by atoms with E-state index >= 15 is 0 Å². The van der Waals surface area contributed by atoms with Crippen LogP contribution in [0.5, 0.6) is 0 Å².